The number of ketones is 1. The molecule has 1 heterocycles. The fraction of sp³-hybridized carbons (Fsp3) is 0.636. The second-order valence-electron chi connectivity index (χ2n) is 4.94. The third-order valence-corrected chi connectivity index (χ3v) is 3.01. The maximum Gasteiger partial charge on any atom is 0.142 e. The second-order valence-corrected chi connectivity index (χ2v) is 4.94. The van der Waals surface area contributed by atoms with Crippen molar-refractivity contribution in [3.63, 3.8) is 0 Å². The van der Waals surface area contributed by atoms with Gasteiger partial charge in [-0.05, 0) is 17.9 Å². The van der Waals surface area contributed by atoms with Gasteiger partial charge in [0.25, 0.3) is 0 Å². The van der Waals surface area contributed by atoms with Gasteiger partial charge in [0, 0.05) is 25.4 Å². The Morgan fingerprint density at radius 2 is 2.29 bits per heavy atom. The molecule has 1 fully saturated rings. The van der Waals surface area contributed by atoms with Crippen molar-refractivity contribution in [1.29, 1.82) is 0 Å². The van der Waals surface area contributed by atoms with E-state index in [4.69, 9.17) is 0 Å². The van der Waals surface area contributed by atoms with E-state index in [-0.39, 0.29) is 11.3 Å². The third-order valence-electron chi connectivity index (χ3n) is 3.01. The van der Waals surface area contributed by atoms with E-state index in [9.17, 15) is 4.79 Å². The number of carbonyl (C=O) groups excluding carboxylic acids is 1. The molecule has 0 aromatic carbocycles. The van der Waals surface area contributed by atoms with Gasteiger partial charge in [-0.1, -0.05) is 13.8 Å². The molecular formula is C11H16N2O. The molecule has 3 nitrogen and oxygen atoms in total. The van der Waals surface area contributed by atoms with Crippen LogP contribution in [0.15, 0.2) is 12.3 Å². The van der Waals surface area contributed by atoms with Gasteiger partial charge in [-0.15, -0.1) is 0 Å². The van der Waals surface area contributed by atoms with E-state index in [0.717, 1.165) is 12.1 Å². The van der Waals surface area contributed by atoms with E-state index in [1.807, 2.05) is 17.8 Å². The Bertz CT molecular complexity index is 365. The summed E-state index contributed by atoms with van der Waals surface area (Å²) in [6.45, 7) is 4.31. The molecule has 0 unspecified atom stereocenters. The summed E-state index contributed by atoms with van der Waals surface area (Å²) in [7, 11) is 1.90. The Morgan fingerprint density at radius 3 is 2.71 bits per heavy atom. The molecule has 1 saturated carbocycles. The van der Waals surface area contributed by atoms with E-state index in [1.165, 1.54) is 0 Å². The van der Waals surface area contributed by atoms with Crippen LogP contribution in [0.3, 0.4) is 0 Å². The molecule has 2 rings (SSSR count). The molecule has 0 amide bonds. The number of hydrogen-bond donors (Lipinski definition) is 0. The maximum atomic E-state index is 11.8. The zero-order valence-electron chi connectivity index (χ0n) is 8.95. The summed E-state index contributed by atoms with van der Waals surface area (Å²) >= 11 is 0. The van der Waals surface area contributed by atoms with Gasteiger partial charge in [0.05, 0.1) is 5.92 Å². The number of aryl methyl sites for hydroxylation is 1. The molecule has 1 atom stereocenters. The lowest BCUT2D eigenvalue weighted by Gasteiger charge is -2.15. The lowest BCUT2D eigenvalue weighted by Crippen LogP contribution is -2.09. The second kappa shape index (κ2) is 2.94. The van der Waals surface area contributed by atoms with Gasteiger partial charge in [-0.25, -0.2) is 0 Å². The van der Waals surface area contributed by atoms with E-state index in [2.05, 4.69) is 18.9 Å². The van der Waals surface area contributed by atoms with E-state index < -0.39 is 0 Å². The molecule has 0 aliphatic heterocycles. The van der Waals surface area contributed by atoms with Gasteiger partial charge in [0.15, 0.2) is 0 Å². The third kappa shape index (κ3) is 1.47. The van der Waals surface area contributed by atoms with Gasteiger partial charge in [-0.2, -0.15) is 5.10 Å². The van der Waals surface area contributed by atoms with Gasteiger partial charge in [0.2, 0.25) is 0 Å². The van der Waals surface area contributed by atoms with Crippen LogP contribution >= 0.6 is 0 Å². The molecule has 0 bridgehead atoms. The van der Waals surface area contributed by atoms with Gasteiger partial charge < -0.3 is 0 Å². The minimum atomic E-state index is 0.0671. The first-order chi connectivity index (χ1) is 6.49. The molecule has 0 radical (unpaired) electrons. The molecule has 1 aliphatic carbocycles. The quantitative estimate of drug-likeness (QED) is 0.681. The average Bonchev–Trinajstić information content (AvgIpc) is 2.55. The Hall–Kier alpha value is -1.12. The molecule has 76 valence electrons. The lowest BCUT2D eigenvalue weighted by molar-refractivity contribution is -0.119. The van der Waals surface area contributed by atoms with Gasteiger partial charge >= 0.3 is 0 Å². The Balaban J connectivity index is 2.30. The lowest BCUT2D eigenvalue weighted by atomic mass is 9.90. The molecule has 14 heavy (non-hydrogen) atoms. The highest BCUT2D eigenvalue weighted by Gasteiger charge is 2.39. The summed E-state index contributed by atoms with van der Waals surface area (Å²) in [5, 5.41) is 4.11. The minimum Gasteiger partial charge on any atom is -0.299 e. The van der Waals surface area contributed by atoms with Crippen molar-refractivity contribution < 1.29 is 4.79 Å². The van der Waals surface area contributed by atoms with Gasteiger partial charge in [0.1, 0.15) is 5.78 Å². The van der Waals surface area contributed by atoms with Crippen LogP contribution < -0.4 is 0 Å². The predicted octanol–water partition coefficient (Wildman–Crippen LogP) is 1.89. The Labute approximate surface area is 84.1 Å². The first kappa shape index (κ1) is 9.44. The average molecular weight is 192 g/mol. The molecule has 1 aromatic heterocycles. The fourth-order valence-electron chi connectivity index (χ4n) is 2.33. The Kier molecular flexibility index (Phi) is 1.98. The monoisotopic (exact) mass is 192 g/mol. The van der Waals surface area contributed by atoms with Crippen LogP contribution in [0.1, 0.15) is 38.3 Å². The summed E-state index contributed by atoms with van der Waals surface area (Å²) in [6.07, 6.45) is 3.40. The summed E-state index contributed by atoms with van der Waals surface area (Å²) in [6, 6.07) is 1.95. The number of Topliss-reactive ketones (excluding diaryl/α,β-unsaturated/α-hetero) is 1. The maximum absolute atomic E-state index is 11.8. The van der Waals surface area contributed by atoms with E-state index in [1.54, 1.807) is 6.20 Å². The molecule has 3 heteroatoms. The van der Waals surface area contributed by atoms with Crippen molar-refractivity contribution >= 4 is 5.78 Å². The highest BCUT2D eigenvalue weighted by atomic mass is 16.1. The molecule has 1 aliphatic rings. The number of aromatic nitrogens is 2. The number of carbonyl (C=O) groups is 1. The predicted molar refractivity (Wildman–Crippen MR) is 54.0 cm³/mol. The molecular weight excluding hydrogens is 176 g/mol. The molecule has 0 N–H and O–H groups in total. The Morgan fingerprint density at radius 1 is 1.57 bits per heavy atom. The number of hydrogen-bond acceptors (Lipinski definition) is 2. The van der Waals surface area contributed by atoms with Crippen molar-refractivity contribution in [3.8, 4) is 0 Å². The number of rotatable bonds is 1. The minimum absolute atomic E-state index is 0.0671. The van der Waals surface area contributed by atoms with Crippen molar-refractivity contribution in [1.82, 2.24) is 9.78 Å². The molecule has 1 aromatic rings. The van der Waals surface area contributed by atoms with Crippen LogP contribution in [0.4, 0.5) is 0 Å². The van der Waals surface area contributed by atoms with E-state index >= 15 is 0 Å². The standard InChI is InChI=1S/C11H16N2O/c1-11(2)6-8(10(14)7-11)9-4-5-12-13(9)3/h4-5,8H,6-7H2,1-3H3/t8-/m0/s1. The zero-order valence-corrected chi connectivity index (χ0v) is 8.95. The fourth-order valence-corrected chi connectivity index (χ4v) is 2.33. The van der Waals surface area contributed by atoms with Crippen molar-refractivity contribution in [2.45, 2.75) is 32.6 Å². The zero-order chi connectivity index (χ0) is 10.3. The smallest absolute Gasteiger partial charge is 0.142 e. The van der Waals surface area contributed by atoms with Crippen LogP contribution in [-0.4, -0.2) is 15.6 Å². The van der Waals surface area contributed by atoms with Gasteiger partial charge in [-0.3, -0.25) is 9.48 Å². The SMILES string of the molecule is Cn1nccc1[C@@H]1CC(C)(C)CC1=O. The highest BCUT2D eigenvalue weighted by molar-refractivity contribution is 5.88. The topological polar surface area (TPSA) is 34.9 Å². The van der Waals surface area contributed by atoms with Crippen molar-refractivity contribution in [3.05, 3.63) is 18.0 Å². The summed E-state index contributed by atoms with van der Waals surface area (Å²) in [5.41, 5.74) is 1.21. The number of nitrogens with zero attached hydrogens (tertiary/aromatic N) is 2. The molecule has 0 saturated heterocycles. The summed E-state index contributed by atoms with van der Waals surface area (Å²) in [5.74, 6) is 0.427. The van der Waals surface area contributed by atoms with Crippen molar-refractivity contribution in [2.75, 3.05) is 0 Å². The summed E-state index contributed by atoms with van der Waals surface area (Å²) < 4.78 is 1.81. The molecule has 0 spiro atoms. The summed E-state index contributed by atoms with van der Waals surface area (Å²) in [4.78, 5) is 11.8. The largest absolute Gasteiger partial charge is 0.299 e. The van der Waals surface area contributed by atoms with Crippen LogP contribution in [0, 0.1) is 5.41 Å². The van der Waals surface area contributed by atoms with Crippen LogP contribution in [0.5, 0.6) is 0 Å². The first-order valence-corrected chi connectivity index (χ1v) is 5.00. The van der Waals surface area contributed by atoms with E-state index in [0.29, 0.717) is 12.2 Å². The first-order valence-electron chi connectivity index (χ1n) is 5.00. The normalized spacial score (nSPS) is 25.6. The van der Waals surface area contributed by atoms with Crippen molar-refractivity contribution in [2.24, 2.45) is 12.5 Å². The van der Waals surface area contributed by atoms with Crippen LogP contribution in [0.2, 0.25) is 0 Å². The van der Waals surface area contributed by atoms with Crippen LogP contribution in [-0.2, 0) is 11.8 Å². The van der Waals surface area contributed by atoms with Crippen LogP contribution in [0.25, 0.3) is 0 Å². The highest BCUT2D eigenvalue weighted by Crippen LogP contribution is 2.43.